The molecule has 1 fully saturated rings. The van der Waals surface area contributed by atoms with Crippen molar-refractivity contribution in [2.24, 2.45) is 5.92 Å². The highest BCUT2D eigenvalue weighted by molar-refractivity contribution is 9.10. The van der Waals surface area contributed by atoms with Gasteiger partial charge in [0.15, 0.2) is 0 Å². The number of fused-ring (bicyclic) bond motifs is 1. The minimum atomic E-state index is -0.924. The largest absolute Gasteiger partial charge is 0.465 e. The number of pyridine rings is 1. The van der Waals surface area contributed by atoms with E-state index >= 15 is 0 Å². The Labute approximate surface area is 166 Å². The second-order valence-electron chi connectivity index (χ2n) is 7.16. The highest BCUT2D eigenvalue weighted by Gasteiger charge is 2.29. The fraction of sp³-hybridized carbons (Fsp3) is 0.500. The number of carbonyl (C=O) groups excluding carboxylic acids is 1. The fourth-order valence-electron chi connectivity index (χ4n) is 3.37. The number of carbonyl (C=O) groups is 2. The number of likely N-dealkylation sites (N-methyl/N-ethyl adjacent to an activating group) is 1. The van der Waals surface area contributed by atoms with Crippen LogP contribution in [0.15, 0.2) is 16.9 Å². The third-order valence-electron chi connectivity index (χ3n) is 4.97. The van der Waals surface area contributed by atoms with Crippen LogP contribution in [0, 0.1) is 5.92 Å². The molecule has 0 radical (unpaired) electrons. The van der Waals surface area contributed by atoms with Crippen molar-refractivity contribution in [1.29, 1.82) is 0 Å². The van der Waals surface area contributed by atoms with Gasteiger partial charge < -0.3 is 25.2 Å². The fourth-order valence-corrected chi connectivity index (χ4v) is 3.92. The zero-order valence-electron chi connectivity index (χ0n) is 15.6. The van der Waals surface area contributed by atoms with Crippen LogP contribution in [0.1, 0.15) is 26.7 Å². The minimum Gasteiger partial charge on any atom is -0.465 e. The molecule has 1 atom stereocenters. The monoisotopic (exact) mass is 437 g/mol. The first-order chi connectivity index (χ1) is 12.8. The average molecular weight is 438 g/mol. The van der Waals surface area contributed by atoms with Crippen molar-refractivity contribution in [3.8, 4) is 0 Å². The Morgan fingerprint density at radius 2 is 2.22 bits per heavy atom. The van der Waals surface area contributed by atoms with Gasteiger partial charge in [0, 0.05) is 38.4 Å². The molecule has 0 saturated carbocycles. The zero-order chi connectivity index (χ0) is 19.7. The van der Waals surface area contributed by atoms with Gasteiger partial charge in [0.2, 0.25) is 5.91 Å². The Bertz CT molecular complexity index is 866. The molecule has 2 amide bonds. The summed E-state index contributed by atoms with van der Waals surface area (Å²) in [4.78, 5) is 34.6. The van der Waals surface area contributed by atoms with E-state index in [1.54, 1.807) is 19.4 Å². The number of nitrogens with one attached hydrogen (secondary N) is 2. The summed E-state index contributed by atoms with van der Waals surface area (Å²) < 4.78 is 0.813. The Morgan fingerprint density at radius 3 is 2.89 bits per heavy atom. The number of hydrogen-bond donors (Lipinski definition) is 3. The molecule has 1 unspecified atom stereocenters. The average Bonchev–Trinajstić information content (AvgIpc) is 3.03. The summed E-state index contributed by atoms with van der Waals surface area (Å²) in [5.74, 6) is -0.203. The molecular formula is C18H24BrN5O3. The highest BCUT2D eigenvalue weighted by Crippen LogP contribution is 2.39. The quantitative estimate of drug-likeness (QED) is 0.679. The van der Waals surface area contributed by atoms with Gasteiger partial charge in [-0.2, -0.15) is 0 Å². The molecule has 8 nitrogen and oxygen atoms in total. The van der Waals surface area contributed by atoms with Gasteiger partial charge in [0.25, 0.3) is 0 Å². The van der Waals surface area contributed by atoms with Crippen LogP contribution < -0.4 is 10.2 Å². The van der Waals surface area contributed by atoms with Gasteiger partial charge in [-0.1, -0.05) is 13.8 Å². The van der Waals surface area contributed by atoms with Crippen LogP contribution in [0.25, 0.3) is 11.0 Å². The van der Waals surface area contributed by atoms with Gasteiger partial charge in [-0.05, 0) is 28.8 Å². The van der Waals surface area contributed by atoms with E-state index in [0.29, 0.717) is 17.9 Å². The van der Waals surface area contributed by atoms with Crippen molar-refractivity contribution in [2.75, 3.05) is 30.4 Å². The lowest BCUT2D eigenvalue weighted by molar-refractivity contribution is -0.118. The Morgan fingerprint density at radius 1 is 1.48 bits per heavy atom. The number of rotatable bonds is 4. The zero-order valence-corrected chi connectivity index (χ0v) is 17.2. The number of carboxylic acid groups (broad SMARTS) is 1. The summed E-state index contributed by atoms with van der Waals surface area (Å²) in [7, 11) is 1.61. The van der Waals surface area contributed by atoms with Crippen LogP contribution in [0.3, 0.4) is 0 Å². The summed E-state index contributed by atoms with van der Waals surface area (Å²) in [6.07, 6.45) is 4.27. The van der Waals surface area contributed by atoms with Crippen LogP contribution in [0.4, 0.5) is 16.2 Å². The maximum Gasteiger partial charge on any atom is 0.407 e. The van der Waals surface area contributed by atoms with E-state index in [1.807, 2.05) is 13.8 Å². The van der Waals surface area contributed by atoms with Gasteiger partial charge in [0.1, 0.15) is 5.65 Å². The number of aromatic amines is 1. The van der Waals surface area contributed by atoms with E-state index in [1.165, 1.54) is 4.90 Å². The number of anilines is 2. The molecule has 2 aromatic heterocycles. The summed E-state index contributed by atoms with van der Waals surface area (Å²) in [6, 6.07) is -0.0842. The number of piperidine rings is 1. The van der Waals surface area contributed by atoms with E-state index < -0.39 is 6.09 Å². The number of halogens is 1. The van der Waals surface area contributed by atoms with Gasteiger partial charge in [0.05, 0.1) is 27.3 Å². The molecule has 0 spiro atoms. The third kappa shape index (κ3) is 3.87. The van der Waals surface area contributed by atoms with Crippen molar-refractivity contribution in [1.82, 2.24) is 14.9 Å². The first-order valence-corrected chi connectivity index (χ1v) is 9.76. The Balaban J connectivity index is 2.00. The molecule has 146 valence electrons. The lowest BCUT2D eigenvalue weighted by Crippen LogP contribution is -2.48. The maximum atomic E-state index is 12.2. The molecular weight excluding hydrogens is 414 g/mol. The summed E-state index contributed by atoms with van der Waals surface area (Å²) in [5, 5.41) is 13.1. The van der Waals surface area contributed by atoms with Crippen molar-refractivity contribution < 1.29 is 14.7 Å². The topological polar surface area (TPSA) is 102 Å². The van der Waals surface area contributed by atoms with Crippen molar-refractivity contribution in [3.63, 3.8) is 0 Å². The number of hydrogen-bond acceptors (Lipinski definition) is 4. The molecule has 27 heavy (non-hydrogen) atoms. The molecule has 3 N–H and O–H groups in total. The Hall–Kier alpha value is -2.29. The van der Waals surface area contributed by atoms with E-state index in [-0.39, 0.29) is 17.9 Å². The molecule has 0 bridgehead atoms. The molecule has 2 aromatic rings. The molecule has 3 heterocycles. The predicted molar refractivity (Wildman–Crippen MR) is 108 cm³/mol. The maximum absolute atomic E-state index is 12.2. The van der Waals surface area contributed by atoms with Crippen LogP contribution in [-0.2, 0) is 4.79 Å². The number of H-pyrrole nitrogens is 1. The first kappa shape index (κ1) is 19.5. The Kier molecular flexibility index (Phi) is 5.59. The molecule has 0 aromatic carbocycles. The minimum absolute atomic E-state index is 0.0658. The van der Waals surface area contributed by atoms with Crippen molar-refractivity contribution in [3.05, 3.63) is 16.9 Å². The molecule has 1 aliphatic rings. The van der Waals surface area contributed by atoms with Crippen LogP contribution in [0.5, 0.6) is 0 Å². The SMILES string of the molecule is CC(C)C(=O)Nc1c[nH]c2ncc(Br)c(N3CCCC(N(C)C(=O)O)C3)c12. The van der Waals surface area contributed by atoms with Crippen LogP contribution in [-0.4, -0.2) is 58.2 Å². The van der Waals surface area contributed by atoms with Gasteiger partial charge >= 0.3 is 6.09 Å². The van der Waals surface area contributed by atoms with Gasteiger partial charge in [-0.15, -0.1) is 0 Å². The molecule has 9 heteroatoms. The number of aromatic nitrogens is 2. The second-order valence-corrected chi connectivity index (χ2v) is 8.01. The molecule has 3 rings (SSSR count). The molecule has 1 saturated heterocycles. The lowest BCUT2D eigenvalue weighted by Gasteiger charge is -2.38. The first-order valence-electron chi connectivity index (χ1n) is 8.96. The van der Waals surface area contributed by atoms with Crippen LogP contribution in [0.2, 0.25) is 0 Å². The second kappa shape index (κ2) is 7.75. The van der Waals surface area contributed by atoms with Gasteiger partial charge in [-0.3, -0.25) is 4.79 Å². The highest BCUT2D eigenvalue weighted by atomic mass is 79.9. The number of nitrogens with zero attached hydrogens (tertiary/aromatic N) is 3. The standard InChI is InChI=1S/C18H24BrN5O3/c1-10(2)17(25)22-13-8-21-16-14(13)15(12(19)7-20-16)24-6-4-5-11(9-24)23(3)18(26)27/h7-8,10-11H,4-6,9H2,1-3H3,(H,20,21)(H,22,25)(H,26,27). The summed E-state index contributed by atoms with van der Waals surface area (Å²) in [5.41, 5.74) is 2.28. The number of amides is 2. The summed E-state index contributed by atoms with van der Waals surface area (Å²) >= 11 is 3.59. The van der Waals surface area contributed by atoms with Crippen molar-refractivity contribution in [2.45, 2.75) is 32.7 Å². The van der Waals surface area contributed by atoms with Crippen LogP contribution >= 0.6 is 15.9 Å². The lowest BCUT2D eigenvalue weighted by atomic mass is 10.0. The van der Waals surface area contributed by atoms with Crippen molar-refractivity contribution >= 4 is 50.3 Å². The molecule has 0 aliphatic carbocycles. The smallest absolute Gasteiger partial charge is 0.407 e. The van der Waals surface area contributed by atoms with E-state index in [4.69, 9.17) is 0 Å². The normalized spacial score (nSPS) is 17.4. The summed E-state index contributed by atoms with van der Waals surface area (Å²) in [6.45, 7) is 5.08. The molecule has 1 aliphatic heterocycles. The third-order valence-corrected chi connectivity index (χ3v) is 5.55. The van der Waals surface area contributed by atoms with Gasteiger partial charge in [-0.25, -0.2) is 9.78 Å². The van der Waals surface area contributed by atoms with E-state index in [9.17, 15) is 14.7 Å². The van der Waals surface area contributed by atoms with E-state index in [0.717, 1.165) is 34.9 Å². The van der Waals surface area contributed by atoms with E-state index in [2.05, 4.69) is 36.1 Å². The predicted octanol–water partition coefficient (Wildman–Crippen LogP) is 3.50.